The van der Waals surface area contributed by atoms with Crippen molar-refractivity contribution in [2.24, 2.45) is 11.8 Å². The van der Waals surface area contributed by atoms with Gasteiger partial charge in [-0.2, -0.15) is 0 Å². The Morgan fingerprint density at radius 2 is 1.96 bits per heavy atom. The van der Waals surface area contributed by atoms with E-state index in [1.807, 2.05) is 12.4 Å². The van der Waals surface area contributed by atoms with Crippen LogP contribution in [0.15, 0.2) is 24.5 Å². The molecular formula is C19H31N3O. The minimum absolute atomic E-state index is 0.504. The van der Waals surface area contributed by atoms with Crippen molar-refractivity contribution < 1.29 is 4.74 Å². The number of hydrogen-bond donors (Lipinski definition) is 1. The topological polar surface area (TPSA) is 37.4 Å². The van der Waals surface area contributed by atoms with Crippen LogP contribution in [0.4, 0.5) is 0 Å². The maximum absolute atomic E-state index is 5.77. The van der Waals surface area contributed by atoms with E-state index in [4.69, 9.17) is 4.74 Å². The Morgan fingerprint density at radius 3 is 2.65 bits per heavy atom. The standard InChI is InChI=1S/C19H31N3O/c1-15(2)12-22-9-5-18(6-10-22)21-19-14-23-13-17(19)11-16-3-7-20-8-4-16/h3-4,7-8,15,17-19,21H,5-6,9-14H2,1-2H3/t17-,19+/m1/s1. The van der Waals surface area contributed by atoms with Gasteiger partial charge in [0.2, 0.25) is 0 Å². The Kier molecular flexibility index (Phi) is 6.03. The predicted molar refractivity (Wildman–Crippen MR) is 93.5 cm³/mol. The Balaban J connectivity index is 1.46. The van der Waals surface area contributed by atoms with Gasteiger partial charge in [0.1, 0.15) is 0 Å². The first-order valence-electron chi connectivity index (χ1n) is 9.15. The third-order valence-electron chi connectivity index (χ3n) is 5.11. The highest BCUT2D eigenvalue weighted by Crippen LogP contribution is 2.21. The lowest BCUT2D eigenvalue weighted by Gasteiger charge is -2.35. The van der Waals surface area contributed by atoms with Crippen LogP contribution in [-0.2, 0) is 11.2 Å². The molecular weight excluding hydrogens is 286 g/mol. The van der Waals surface area contributed by atoms with Gasteiger partial charge in [0.25, 0.3) is 0 Å². The molecule has 0 unspecified atom stereocenters. The molecule has 0 spiro atoms. The number of likely N-dealkylation sites (tertiary alicyclic amines) is 1. The zero-order valence-electron chi connectivity index (χ0n) is 14.6. The van der Waals surface area contributed by atoms with E-state index in [1.54, 1.807) is 0 Å². The van der Waals surface area contributed by atoms with Crippen molar-refractivity contribution in [3.05, 3.63) is 30.1 Å². The summed E-state index contributed by atoms with van der Waals surface area (Å²) in [5.41, 5.74) is 1.37. The van der Waals surface area contributed by atoms with Gasteiger partial charge in [-0.15, -0.1) is 0 Å². The third-order valence-corrected chi connectivity index (χ3v) is 5.11. The molecule has 2 atom stereocenters. The highest BCUT2D eigenvalue weighted by molar-refractivity contribution is 5.11. The first-order valence-corrected chi connectivity index (χ1v) is 9.15. The molecule has 1 aromatic heterocycles. The summed E-state index contributed by atoms with van der Waals surface area (Å²) in [6.07, 6.45) is 7.40. The Bertz CT molecular complexity index is 457. The van der Waals surface area contributed by atoms with Crippen LogP contribution < -0.4 is 5.32 Å². The lowest BCUT2D eigenvalue weighted by atomic mass is 9.93. The van der Waals surface area contributed by atoms with Crippen molar-refractivity contribution in [1.29, 1.82) is 0 Å². The van der Waals surface area contributed by atoms with E-state index in [9.17, 15) is 0 Å². The number of nitrogens with zero attached hydrogens (tertiary/aromatic N) is 2. The zero-order chi connectivity index (χ0) is 16.1. The third kappa shape index (κ3) is 5.00. The van der Waals surface area contributed by atoms with Crippen LogP contribution in [0.2, 0.25) is 0 Å². The molecule has 0 saturated carbocycles. The van der Waals surface area contributed by atoms with Gasteiger partial charge in [-0.3, -0.25) is 4.98 Å². The van der Waals surface area contributed by atoms with Gasteiger partial charge in [-0.05, 0) is 56.0 Å². The van der Waals surface area contributed by atoms with Crippen LogP contribution in [0.3, 0.4) is 0 Å². The number of ether oxygens (including phenoxy) is 1. The van der Waals surface area contributed by atoms with E-state index >= 15 is 0 Å². The Hall–Kier alpha value is -0.970. The molecule has 3 heterocycles. The molecule has 1 aromatic rings. The van der Waals surface area contributed by atoms with Gasteiger partial charge in [0.15, 0.2) is 0 Å². The zero-order valence-corrected chi connectivity index (χ0v) is 14.6. The van der Waals surface area contributed by atoms with Gasteiger partial charge < -0.3 is 15.0 Å². The number of aromatic nitrogens is 1. The highest BCUT2D eigenvalue weighted by Gasteiger charge is 2.31. The van der Waals surface area contributed by atoms with Gasteiger partial charge >= 0.3 is 0 Å². The second-order valence-corrected chi connectivity index (χ2v) is 7.60. The van der Waals surface area contributed by atoms with Crippen molar-refractivity contribution in [2.75, 3.05) is 32.8 Å². The number of pyridine rings is 1. The van der Waals surface area contributed by atoms with Crippen molar-refractivity contribution >= 4 is 0 Å². The second-order valence-electron chi connectivity index (χ2n) is 7.60. The van der Waals surface area contributed by atoms with Crippen LogP contribution in [0.1, 0.15) is 32.3 Å². The molecule has 0 aromatic carbocycles. The van der Waals surface area contributed by atoms with Crippen LogP contribution in [0.25, 0.3) is 0 Å². The van der Waals surface area contributed by atoms with Gasteiger partial charge in [0, 0.05) is 36.9 Å². The fourth-order valence-electron chi connectivity index (χ4n) is 3.91. The molecule has 23 heavy (non-hydrogen) atoms. The Morgan fingerprint density at radius 1 is 1.22 bits per heavy atom. The molecule has 2 aliphatic heterocycles. The molecule has 4 nitrogen and oxygen atoms in total. The fraction of sp³-hybridized carbons (Fsp3) is 0.737. The summed E-state index contributed by atoms with van der Waals surface area (Å²) in [5, 5.41) is 3.89. The number of piperidine rings is 1. The molecule has 0 radical (unpaired) electrons. The summed E-state index contributed by atoms with van der Waals surface area (Å²) in [4.78, 5) is 6.72. The van der Waals surface area contributed by atoms with Crippen LogP contribution in [-0.4, -0.2) is 54.8 Å². The first-order chi connectivity index (χ1) is 11.2. The molecule has 2 aliphatic rings. The average molecular weight is 317 g/mol. The summed E-state index contributed by atoms with van der Waals surface area (Å²) in [6.45, 7) is 10.1. The maximum atomic E-state index is 5.77. The molecule has 3 rings (SSSR count). The van der Waals surface area contributed by atoms with Gasteiger partial charge in [-0.25, -0.2) is 0 Å². The molecule has 2 fully saturated rings. The van der Waals surface area contributed by atoms with Crippen molar-refractivity contribution in [3.63, 3.8) is 0 Å². The minimum Gasteiger partial charge on any atom is -0.379 e. The molecule has 2 saturated heterocycles. The quantitative estimate of drug-likeness (QED) is 0.874. The molecule has 0 bridgehead atoms. The van der Waals surface area contributed by atoms with E-state index in [2.05, 4.69) is 41.2 Å². The number of nitrogens with one attached hydrogen (secondary N) is 1. The largest absolute Gasteiger partial charge is 0.379 e. The molecule has 0 aliphatic carbocycles. The van der Waals surface area contributed by atoms with Crippen LogP contribution in [0.5, 0.6) is 0 Å². The van der Waals surface area contributed by atoms with Gasteiger partial charge in [-0.1, -0.05) is 13.8 Å². The number of hydrogen-bond acceptors (Lipinski definition) is 4. The van der Waals surface area contributed by atoms with E-state index in [0.29, 0.717) is 18.0 Å². The van der Waals surface area contributed by atoms with Crippen molar-refractivity contribution in [1.82, 2.24) is 15.2 Å². The molecule has 4 heteroatoms. The van der Waals surface area contributed by atoms with Gasteiger partial charge in [0.05, 0.1) is 13.2 Å². The summed E-state index contributed by atoms with van der Waals surface area (Å²) < 4.78 is 5.77. The first kappa shape index (κ1) is 16.9. The van der Waals surface area contributed by atoms with E-state index < -0.39 is 0 Å². The maximum Gasteiger partial charge on any atom is 0.0623 e. The van der Waals surface area contributed by atoms with Crippen LogP contribution >= 0.6 is 0 Å². The van der Waals surface area contributed by atoms with E-state index in [0.717, 1.165) is 25.6 Å². The summed E-state index contributed by atoms with van der Waals surface area (Å²) in [6, 6.07) is 5.41. The van der Waals surface area contributed by atoms with Crippen molar-refractivity contribution in [3.8, 4) is 0 Å². The minimum atomic E-state index is 0.504. The lowest BCUT2D eigenvalue weighted by Crippen LogP contribution is -2.49. The summed E-state index contributed by atoms with van der Waals surface area (Å²) >= 11 is 0. The highest BCUT2D eigenvalue weighted by atomic mass is 16.5. The molecule has 128 valence electrons. The van der Waals surface area contributed by atoms with Crippen molar-refractivity contribution in [2.45, 2.75) is 45.2 Å². The molecule has 1 N–H and O–H groups in total. The average Bonchev–Trinajstić information content (AvgIpc) is 2.97. The second kappa shape index (κ2) is 8.22. The van der Waals surface area contributed by atoms with E-state index in [1.165, 1.54) is 38.0 Å². The van der Waals surface area contributed by atoms with E-state index in [-0.39, 0.29) is 0 Å². The van der Waals surface area contributed by atoms with Crippen LogP contribution in [0, 0.1) is 11.8 Å². The summed E-state index contributed by atoms with van der Waals surface area (Å²) in [5.74, 6) is 1.36. The number of rotatable bonds is 6. The monoisotopic (exact) mass is 317 g/mol. The fourth-order valence-corrected chi connectivity index (χ4v) is 3.91. The molecule has 0 amide bonds. The lowest BCUT2D eigenvalue weighted by molar-refractivity contribution is 0.163. The summed E-state index contributed by atoms with van der Waals surface area (Å²) in [7, 11) is 0. The Labute approximate surface area is 140 Å². The predicted octanol–water partition coefficient (Wildman–Crippen LogP) is 2.35. The normalized spacial score (nSPS) is 26.9. The smallest absolute Gasteiger partial charge is 0.0623 e. The SMILES string of the molecule is CC(C)CN1CCC(N[C@H]2COC[C@H]2Cc2ccncc2)CC1.